The van der Waals surface area contributed by atoms with Gasteiger partial charge >= 0.3 is 0 Å². The van der Waals surface area contributed by atoms with Crippen LogP contribution in [-0.2, 0) is 6.54 Å². The van der Waals surface area contributed by atoms with E-state index in [9.17, 15) is 4.79 Å². The van der Waals surface area contributed by atoms with E-state index in [-0.39, 0.29) is 5.56 Å². The second-order valence-corrected chi connectivity index (χ2v) is 5.55. The standard InChI is InChI=1S/C16H20N4O/c1-19(2)9-7-17-11-12-5-6-14-13(10-12)18-16(21)15-4-3-8-20(14)15/h3-6,8,10,17H,7,9,11H2,1-2H3,(H,18,21). The molecule has 0 fully saturated rings. The van der Waals surface area contributed by atoms with E-state index in [4.69, 9.17) is 0 Å². The summed E-state index contributed by atoms with van der Waals surface area (Å²) < 4.78 is 1.93. The van der Waals surface area contributed by atoms with Crippen LogP contribution in [0.1, 0.15) is 5.56 Å². The van der Waals surface area contributed by atoms with Gasteiger partial charge in [0.1, 0.15) is 5.52 Å². The summed E-state index contributed by atoms with van der Waals surface area (Å²) in [5.41, 5.74) is 3.69. The van der Waals surface area contributed by atoms with Gasteiger partial charge < -0.3 is 19.6 Å². The number of hydrogen-bond donors (Lipinski definition) is 2. The fourth-order valence-electron chi connectivity index (χ4n) is 2.50. The van der Waals surface area contributed by atoms with Crippen LogP contribution in [0.3, 0.4) is 0 Å². The molecule has 110 valence electrons. The Bertz CT molecular complexity index is 816. The molecule has 0 radical (unpaired) electrons. The largest absolute Gasteiger partial charge is 0.319 e. The maximum Gasteiger partial charge on any atom is 0.272 e. The number of nitrogens with one attached hydrogen (secondary N) is 2. The Balaban J connectivity index is 1.86. The van der Waals surface area contributed by atoms with Crippen molar-refractivity contribution >= 4 is 16.6 Å². The fraction of sp³-hybridized carbons (Fsp3) is 0.312. The van der Waals surface area contributed by atoms with E-state index in [0.717, 1.165) is 30.7 Å². The Hall–Kier alpha value is -2.11. The molecule has 0 unspecified atom stereocenters. The zero-order chi connectivity index (χ0) is 14.8. The molecule has 0 saturated carbocycles. The van der Waals surface area contributed by atoms with E-state index >= 15 is 0 Å². The number of fused-ring (bicyclic) bond motifs is 3. The highest BCUT2D eigenvalue weighted by Gasteiger charge is 2.04. The van der Waals surface area contributed by atoms with Crippen LogP contribution in [-0.4, -0.2) is 41.5 Å². The van der Waals surface area contributed by atoms with E-state index in [0.29, 0.717) is 5.52 Å². The van der Waals surface area contributed by atoms with Crippen molar-refractivity contribution in [2.24, 2.45) is 0 Å². The molecule has 2 aromatic heterocycles. The lowest BCUT2D eigenvalue weighted by Crippen LogP contribution is -2.26. The van der Waals surface area contributed by atoms with Gasteiger partial charge in [0.05, 0.1) is 11.0 Å². The van der Waals surface area contributed by atoms with Crippen LogP contribution in [0.5, 0.6) is 0 Å². The van der Waals surface area contributed by atoms with Crippen molar-refractivity contribution in [1.29, 1.82) is 0 Å². The van der Waals surface area contributed by atoms with Gasteiger partial charge in [0.2, 0.25) is 0 Å². The maximum atomic E-state index is 12.0. The first kappa shape index (κ1) is 13.9. The molecule has 2 heterocycles. The van der Waals surface area contributed by atoms with Crippen LogP contribution in [0.15, 0.2) is 41.3 Å². The van der Waals surface area contributed by atoms with Gasteiger partial charge in [-0.2, -0.15) is 0 Å². The summed E-state index contributed by atoms with van der Waals surface area (Å²) >= 11 is 0. The third-order valence-electron chi connectivity index (χ3n) is 3.62. The predicted molar refractivity (Wildman–Crippen MR) is 85.8 cm³/mol. The highest BCUT2D eigenvalue weighted by atomic mass is 16.1. The highest BCUT2D eigenvalue weighted by Crippen LogP contribution is 2.14. The lowest BCUT2D eigenvalue weighted by atomic mass is 10.2. The first-order valence-electron chi connectivity index (χ1n) is 7.12. The lowest BCUT2D eigenvalue weighted by molar-refractivity contribution is 0.400. The van der Waals surface area contributed by atoms with Crippen molar-refractivity contribution in [2.45, 2.75) is 6.54 Å². The minimum Gasteiger partial charge on any atom is -0.319 e. The summed E-state index contributed by atoms with van der Waals surface area (Å²) in [5.74, 6) is 0. The summed E-state index contributed by atoms with van der Waals surface area (Å²) in [5, 5.41) is 3.40. The number of likely N-dealkylation sites (N-methyl/N-ethyl adjacent to an activating group) is 1. The zero-order valence-corrected chi connectivity index (χ0v) is 12.4. The summed E-state index contributed by atoms with van der Waals surface area (Å²) in [6.45, 7) is 2.75. The van der Waals surface area contributed by atoms with Gasteiger partial charge in [-0.05, 0) is 43.9 Å². The molecule has 0 spiro atoms. The second kappa shape index (κ2) is 5.71. The average molecular weight is 284 g/mol. The van der Waals surface area contributed by atoms with Crippen molar-refractivity contribution in [1.82, 2.24) is 19.6 Å². The number of hydrogen-bond acceptors (Lipinski definition) is 3. The van der Waals surface area contributed by atoms with E-state index < -0.39 is 0 Å². The monoisotopic (exact) mass is 284 g/mol. The molecular formula is C16H20N4O. The van der Waals surface area contributed by atoms with Crippen LogP contribution in [0.25, 0.3) is 16.6 Å². The number of aromatic amines is 1. The molecule has 0 aliphatic heterocycles. The van der Waals surface area contributed by atoms with Gasteiger partial charge in [0, 0.05) is 25.8 Å². The normalized spacial score (nSPS) is 11.8. The third-order valence-corrected chi connectivity index (χ3v) is 3.62. The molecular weight excluding hydrogens is 264 g/mol. The SMILES string of the molecule is CN(C)CCNCc1ccc2c(c1)[nH]c(=O)c1cccn12. The Morgan fingerprint density at radius 1 is 1.24 bits per heavy atom. The molecule has 0 saturated heterocycles. The van der Waals surface area contributed by atoms with Crippen LogP contribution < -0.4 is 10.9 Å². The first-order valence-corrected chi connectivity index (χ1v) is 7.12. The third kappa shape index (κ3) is 2.84. The highest BCUT2D eigenvalue weighted by molar-refractivity contribution is 5.78. The molecule has 3 rings (SSSR count). The van der Waals surface area contributed by atoms with Crippen LogP contribution in [0, 0.1) is 0 Å². The number of aromatic nitrogens is 2. The quantitative estimate of drug-likeness (QED) is 0.697. The molecule has 0 amide bonds. The number of nitrogens with zero attached hydrogens (tertiary/aromatic N) is 2. The molecule has 5 heteroatoms. The molecule has 0 atom stereocenters. The minimum atomic E-state index is -0.0507. The zero-order valence-electron chi connectivity index (χ0n) is 12.4. The van der Waals surface area contributed by atoms with Crippen molar-refractivity contribution in [3.63, 3.8) is 0 Å². The van der Waals surface area contributed by atoms with Gasteiger partial charge in [-0.3, -0.25) is 4.79 Å². The van der Waals surface area contributed by atoms with Crippen molar-refractivity contribution in [2.75, 3.05) is 27.2 Å². The van der Waals surface area contributed by atoms with Gasteiger partial charge in [0.15, 0.2) is 0 Å². The molecule has 0 aliphatic carbocycles. The number of benzene rings is 1. The van der Waals surface area contributed by atoms with E-state index in [1.807, 2.05) is 28.8 Å². The van der Waals surface area contributed by atoms with Crippen LogP contribution >= 0.6 is 0 Å². The van der Waals surface area contributed by atoms with Gasteiger partial charge in [-0.15, -0.1) is 0 Å². The van der Waals surface area contributed by atoms with Gasteiger partial charge in [0.25, 0.3) is 5.56 Å². The van der Waals surface area contributed by atoms with Crippen LogP contribution in [0.4, 0.5) is 0 Å². The molecule has 0 aliphatic rings. The maximum absolute atomic E-state index is 12.0. The molecule has 2 N–H and O–H groups in total. The van der Waals surface area contributed by atoms with E-state index in [1.165, 1.54) is 5.56 Å². The van der Waals surface area contributed by atoms with Gasteiger partial charge in [-0.1, -0.05) is 6.07 Å². The first-order chi connectivity index (χ1) is 10.1. The summed E-state index contributed by atoms with van der Waals surface area (Å²) in [4.78, 5) is 17.1. The summed E-state index contributed by atoms with van der Waals surface area (Å²) in [6, 6.07) is 9.92. The van der Waals surface area contributed by atoms with Crippen molar-refractivity contribution < 1.29 is 0 Å². The second-order valence-electron chi connectivity index (χ2n) is 5.55. The summed E-state index contributed by atoms with van der Waals surface area (Å²) in [7, 11) is 4.12. The number of rotatable bonds is 5. The molecule has 21 heavy (non-hydrogen) atoms. The van der Waals surface area contributed by atoms with Crippen LogP contribution in [0.2, 0.25) is 0 Å². The van der Waals surface area contributed by atoms with Crippen molar-refractivity contribution in [3.8, 4) is 0 Å². The van der Waals surface area contributed by atoms with E-state index in [1.54, 1.807) is 0 Å². The van der Waals surface area contributed by atoms with Gasteiger partial charge in [-0.25, -0.2) is 0 Å². The Labute approximate surface area is 123 Å². The number of H-pyrrole nitrogens is 1. The van der Waals surface area contributed by atoms with E-state index in [2.05, 4.69) is 41.4 Å². The smallest absolute Gasteiger partial charge is 0.272 e. The minimum absolute atomic E-state index is 0.0507. The molecule has 0 bridgehead atoms. The molecule has 1 aromatic carbocycles. The van der Waals surface area contributed by atoms with Crippen molar-refractivity contribution in [3.05, 3.63) is 52.4 Å². The Kier molecular flexibility index (Phi) is 3.77. The molecule has 5 nitrogen and oxygen atoms in total. The molecule has 3 aromatic rings. The topological polar surface area (TPSA) is 52.5 Å². The fourth-order valence-corrected chi connectivity index (χ4v) is 2.50. The Morgan fingerprint density at radius 2 is 2.10 bits per heavy atom. The Morgan fingerprint density at radius 3 is 2.90 bits per heavy atom. The average Bonchev–Trinajstić information content (AvgIpc) is 2.93. The summed E-state index contributed by atoms with van der Waals surface area (Å²) in [6.07, 6.45) is 1.92. The predicted octanol–water partition coefficient (Wildman–Crippen LogP) is 1.43. The lowest BCUT2D eigenvalue weighted by Gasteiger charge is -2.11.